The van der Waals surface area contributed by atoms with Crippen LogP contribution in [0.2, 0.25) is 0 Å². The highest BCUT2D eigenvalue weighted by Gasteiger charge is 1.86. The van der Waals surface area contributed by atoms with Crippen molar-refractivity contribution in [3.63, 3.8) is 0 Å². The molecule has 0 heterocycles. The number of terminal acetylenes is 1. The monoisotopic (exact) mass is 172 g/mol. The van der Waals surface area contributed by atoms with Gasteiger partial charge in [0.15, 0.2) is 0 Å². The van der Waals surface area contributed by atoms with Crippen molar-refractivity contribution >= 4 is 15.9 Å². The molecular formula is C7H9Br. The highest BCUT2D eigenvalue weighted by molar-refractivity contribution is 9.12. The first-order chi connectivity index (χ1) is 3.66. The van der Waals surface area contributed by atoms with Gasteiger partial charge in [0, 0.05) is 0 Å². The molecule has 0 saturated heterocycles. The minimum absolute atomic E-state index is 0.528. The van der Waals surface area contributed by atoms with Crippen LogP contribution >= 0.6 is 15.9 Å². The fraction of sp³-hybridized carbons (Fsp3) is 0.429. The van der Waals surface area contributed by atoms with Gasteiger partial charge in [0.2, 0.25) is 0 Å². The van der Waals surface area contributed by atoms with E-state index in [-0.39, 0.29) is 0 Å². The van der Waals surface area contributed by atoms with Crippen LogP contribution in [0.25, 0.3) is 0 Å². The van der Waals surface area contributed by atoms with Crippen molar-refractivity contribution in [2.75, 3.05) is 0 Å². The van der Waals surface area contributed by atoms with Crippen molar-refractivity contribution in [3.05, 3.63) is 10.6 Å². The molecule has 0 radical (unpaired) electrons. The van der Waals surface area contributed by atoms with Gasteiger partial charge in [0.1, 0.15) is 0 Å². The maximum absolute atomic E-state index is 5.06. The molecule has 0 amide bonds. The molecule has 0 saturated carbocycles. The van der Waals surface area contributed by atoms with Gasteiger partial charge in [-0.3, -0.25) is 0 Å². The average Bonchev–Trinajstić information content (AvgIpc) is 1.65. The zero-order valence-electron chi connectivity index (χ0n) is 5.11. The summed E-state index contributed by atoms with van der Waals surface area (Å²) >= 11 is 3.20. The zero-order valence-corrected chi connectivity index (χ0v) is 6.70. The van der Waals surface area contributed by atoms with Crippen LogP contribution < -0.4 is 0 Å². The van der Waals surface area contributed by atoms with E-state index in [9.17, 15) is 0 Å². The fourth-order valence-electron chi connectivity index (χ4n) is 0.341. The Morgan fingerprint density at radius 2 is 2.25 bits per heavy atom. The molecule has 0 nitrogen and oxygen atoms in total. The third-order valence-corrected chi connectivity index (χ3v) is 1.11. The first kappa shape index (κ1) is 7.78. The lowest BCUT2D eigenvalue weighted by atomic mass is 10.2. The predicted octanol–water partition coefficient (Wildman–Crippen LogP) is 2.55. The van der Waals surface area contributed by atoms with Gasteiger partial charge >= 0.3 is 0 Å². The Bertz CT molecular complexity index is 126. The van der Waals surface area contributed by atoms with Gasteiger partial charge in [-0.15, -0.1) is 6.42 Å². The van der Waals surface area contributed by atoms with Gasteiger partial charge in [0.05, 0.1) is 4.48 Å². The Labute approximate surface area is 59.1 Å². The third-order valence-electron chi connectivity index (χ3n) is 0.618. The Balaban J connectivity index is 3.80. The summed E-state index contributed by atoms with van der Waals surface area (Å²) in [7, 11) is 0. The van der Waals surface area contributed by atoms with Crippen molar-refractivity contribution < 1.29 is 0 Å². The molecule has 0 aliphatic rings. The summed E-state index contributed by atoms with van der Waals surface area (Å²) in [6.45, 7) is 4.16. The van der Waals surface area contributed by atoms with Crippen LogP contribution in [0.1, 0.15) is 13.8 Å². The highest BCUT2D eigenvalue weighted by atomic mass is 79.9. The topological polar surface area (TPSA) is 0 Å². The molecule has 0 N–H and O–H groups in total. The molecule has 0 aromatic rings. The van der Waals surface area contributed by atoms with E-state index in [2.05, 4.69) is 35.7 Å². The number of halogens is 1. The quantitative estimate of drug-likeness (QED) is 0.534. The molecule has 1 heteroatoms. The largest absolute Gasteiger partial charge is 0.114 e. The molecule has 0 fully saturated rings. The molecule has 0 bridgehead atoms. The summed E-state index contributed by atoms with van der Waals surface area (Å²) in [6, 6.07) is 0. The van der Waals surface area contributed by atoms with Crippen molar-refractivity contribution in [3.8, 4) is 12.3 Å². The van der Waals surface area contributed by atoms with E-state index in [0.29, 0.717) is 5.92 Å². The van der Waals surface area contributed by atoms with Gasteiger partial charge in [-0.1, -0.05) is 25.8 Å². The molecule has 8 heavy (non-hydrogen) atoms. The van der Waals surface area contributed by atoms with E-state index in [4.69, 9.17) is 6.42 Å². The van der Waals surface area contributed by atoms with Gasteiger partial charge in [-0.2, -0.15) is 0 Å². The molecule has 0 unspecified atom stereocenters. The molecule has 44 valence electrons. The summed E-state index contributed by atoms with van der Waals surface area (Å²) in [5.41, 5.74) is 0. The number of rotatable bonds is 1. The Morgan fingerprint density at radius 1 is 1.75 bits per heavy atom. The first-order valence-electron chi connectivity index (χ1n) is 2.50. The van der Waals surface area contributed by atoms with E-state index >= 15 is 0 Å². The molecule has 0 aliphatic heterocycles. The minimum atomic E-state index is 0.528. The van der Waals surface area contributed by atoms with E-state index in [1.165, 1.54) is 0 Å². The minimum Gasteiger partial charge on any atom is -0.114 e. The molecule has 0 rings (SSSR count). The second-order valence-electron chi connectivity index (χ2n) is 1.90. The predicted molar refractivity (Wildman–Crippen MR) is 40.7 cm³/mol. The van der Waals surface area contributed by atoms with Crippen LogP contribution in [-0.4, -0.2) is 0 Å². The Morgan fingerprint density at radius 3 is 2.38 bits per heavy atom. The lowest BCUT2D eigenvalue weighted by Crippen LogP contribution is -1.77. The SMILES string of the molecule is C#C/C(Br)=C/C(C)C. The van der Waals surface area contributed by atoms with E-state index in [0.717, 1.165) is 4.48 Å². The summed E-state index contributed by atoms with van der Waals surface area (Å²) < 4.78 is 0.840. The average molecular weight is 173 g/mol. The van der Waals surface area contributed by atoms with Gasteiger partial charge < -0.3 is 0 Å². The molecule has 0 aromatic heterocycles. The lowest BCUT2D eigenvalue weighted by molar-refractivity contribution is 0.831. The van der Waals surface area contributed by atoms with Crippen molar-refractivity contribution in [2.24, 2.45) is 5.92 Å². The standard InChI is InChI=1S/C7H9Br/c1-4-7(8)5-6(2)3/h1,5-6H,2-3H3/b7-5-. The van der Waals surface area contributed by atoms with Crippen LogP contribution in [-0.2, 0) is 0 Å². The number of hydrogen-bond donors (Lipinski definition) is 0. The van der Waals surface area contributed by atoms with Crippen LogP contribution in [0.4, 0.5) is 0 Å². The van der Waals surface area contributed by atoms with E-state index < -0.39 is 0 Å². The molecule has 0 spiro atoms. The molecule has 0 aromatic carbocycles. The normalized spacial score (nSPS) is 11.6. The second-order valence-corrected chi connectivity index (χ2v) is 2.76. The van der Waals surface area contributed by atoms with Crippen LogP contribution in [0.5, 0.6) is 0 Å². The summed E-state index contributed by atoms with van der Waals surface area (Å²) in [4.78, 5) is 0. The van der Waals surface area contributed by atoms with E-state index in [1.54, 1.807) is 0 Å². The Hall–Kier alpha value is -0.220. The number of allylic oxidation sites excluding steroid dienone is 2. The van der Waals surface area contributed by atoms with Crippen LogP contribution in [0, 0.1) is 18.3 Å². The van der Waals surface area contributed by atoms with Crippen molar-refractivity contribution in [1.82, 2.24) is 0 Å². The van der Waals surface area contributed by atoms with Gasteiger partial charge in [0.25, 0.3) is 0 Å². The van der Waals surface area contributed by atoms with Crippen molar-refractivity contribution in [2.45, 2.75) is 13.8 Å². The summed E-state index contributed by atoms with van der Waals surface area (Å²) in [5.74, 6) is 3.00. The maximum atomic E-state index is 5.06. The molecule has 0 atom stereocenters. The smallest absolute Gasteiger partial charge is 0.0634 e. The van der Waals surface area contributed by atoms with E-state index in [1.807, 2.05) is 6.08 Å². The van der Waals surface area contributed by atoms with Crippen LogP contribution in [0.3, 0.4) is 0 Å². The first-order valence-corrected chi connectivity index (χ1v) is 3.30. The molecule has 0 aliphatic carbocycles. The lowest BCUT2D eigenvalue weighted by Gasteiger charge is -1.91. The zero-order chi connectivity index (χ0) is 6.57. The highest BCUT2D eigenvalue weighted by Crippen LogP contribution is 2.06. The van der Waals surface area contributed by atoms with Gasteiger partial charge in [-0.05, 0) is 21.8 Å². The summed E-state index contributed by atoms with van der Waals surface area (Å²) in [6.07, 6.45) is 7.04. The van der Waals surface area contributed by atoms with Crippen LogP contribution in [0.15, 0.2) is 10.6 Å². The van der Waals surface area contributed by atoms with Crippen molar-refractivity contribution in [1.29, 1.82) is 0 Å². The second kappa shape index (κ2) is 3.74. The summed E-state index contributed by atoms with van der Waals surface area (Å²) in [5, 5.41) is 0. The number of hydrogen-bond acceptors (Lipinski definition) is 0. The third kappa shape index (κ3) is 3.95. The Kier molecular flexibility index (Phi) is 3.64. The maximum Gasteiger partial charge on any atom is 0.0634 e. The fourth-order valence-corrected chi connectivity index (χ4v) is 0.869. The molecular weight excluding hydrogens is 164 g/mol. The van der Waals surface area contributed by atoms with Gasteiger partial charge in [-0.25, -0.2) is 0 Å².